The molecule has 0 saturated heterocycles. The summed E-state index contributed by atoms with van der Waals surface area (Å²) < 4.78 is 5.64. The van der Waals surface area contributed by atoms with Gasteiger partial charge in [-0.3, -0.25) is 0 Å². The number of nitrogens with two attached hydrogens (primary N) is 1. The molecular weight excluding hydrogens is 280 g/mol. The summed E-state index contributed by atoms with van der Waals surface area (Å²) >= 11 is 7.43. The van der Waals surface area contributed by atoms with E-state index in [0.717, 1.165) is 22.4 Å². The molecule has 0 atom stereocenters. The van der Waals surface area contributed by atoms with Crippen LogP contribution in [-0.4, -0.2) is 4.98 Å². The third-order valence-electron chi connectivity index (χ3n) is 2.70. The Hall–Kier alpha value is -1.65. The van der Waals surface area contributed by atoms with Gasteiger partial charge in [-0.25, -0.2) is 4.98 Å². The number of fused-ring (bicyclic) bond motifs is 1. The topological polar surface area (TPSA) is 52.0 Å². The van der Waals surface area contributed by atoms with E-state index in [-0.39, 0.29) is 0 Å². The lowest BCUT2D eigenvalue weighted by Crippen LogP contribution is -1.88. The SMILES string of the molecule is Nc1cc(CSc2nc3ccccc3o2)ccc1Cl. The molecule has 0 aliphatic heterocycles. The summed E-state index contributed by atoms with van der Waals surface area (Å²) in [6, 6.07) is 13.3. The maximum atomic E-state index is 5.89. The zero-order valence-corrected chi connectivity index (χ0v) is 11.5. The van der Waals surface area contributed by atoms with Crippen molar-refractivity contribution in [2.45, 2.75) is 11.0 Å². The van der Waals surface area contributed by atoms with Crippen LogP contribution in [0, 0.1) is 0 Å². The fraction of sp³-hybridized carbons (Fsp3) is 0.0714. The second-order valence-electron chi connectivity index (χ2n) is 4.09. The highest BCUT2D eigenvalue weighted by Gasteiger charge is 2.06. The molecule has 2 N–H and O–H groups in total. The van der Waals surface area contributed by atoms with Crippen LogP contribution in [-0.2, 0) is 5.75 Å². The van der Waals surface area contributed by atoms with Crippen LogP contribution in [0.5, 0.6) is 0 Å². The van der Waals surface area contributed by atoms with Gasteiger partial charge >= 0.3 is 0 Å². The average Bonchev–Trinajstić information content (AvgIpc) is 2.83. The van der Waals surface area contributed by atoms with Crippen LogP contribution in [0.3, 0.4) is 0 Å². The minimum absolute atomic E-state index is 0.579. The molecule has 0 bridgehead atoms. The molecule has 3 rings (SSSR count). The highest BCUT2D eigenvalue weighted by Crippen LogP contribution is 2.28. The summed E-state index contributed by atoms with van der Waals surface area (Å²) in [6.45, 7) is 0. The van der Waals surface area contributed by atoms with Gasteiger partial charge in [0.25, 0.3) is 5.22 Å². The fourth-order valence-electron chi connectivity index (χ4n) is 1.74. The average molecular weight is 291 g/mol. The molecule has 3 nitrogen and oxygen atoms in total. The molecule has 1 aromatic heterocycles. The quantitative estimate of drug-likeness (QED) is 0.575. The highest BCUT2D eigenvalue weighted by atomic mass is 35.5. The summed E-state index contributed by atoms with van der Waals surface area (Å²) in [7, 11) is 0. The number of halogens is 1. The predicted octanol–water partition coefficient (Wildman–Crippen LogP) is 4.36. The fourth-order valence-corrected chi connectivity index (χ4v) is 2.64. The Morgan fingerprint density at radius 3 is 2.84 bits per heavy atom. The van der Waals surface area contributed by atoms with Crippen LogP contribution in [0.25, 0.3) is 11.1 Å². The largest absolute Gasteiger partial charge is 0.431 e. The molecule has 5 heteroatoms. The molecule has 96 valence electrons. The van der Waals surface area contributed by atoms with Crippen molar-refractivity contribution < 1.29 is 4.42 Å². The first-order valence-corrected chi connectivity index (χ1v) is 7.11. The molecule has 0 unspecified atom stereocenters. The van der Waals surface area contributed by atoms with Gasteiger partial charge in [-0.2, -0.15) is 0 Å². The van der Waals surface area contributed by atoms with Crippen LogP contribution >= 0.6 is 23.4 Å². The Labute approximate surface area is 119 Å². The maximum absolute atomic E-state index is 5.89. The third-order valence-corrected chi connectivity index (χ3v) is 3.94. The van der Waals surface area contributed by atoms with Gasteiger partial charge in [0, 0.05) is 5.75 Å². The summed E-state index contributed by atoms with van der Waals surface area (Å²) in [4.78, 5) is 4.41. The molecule has 0 spiro atoms. The van der Waals surface area contributed by atoms with Gasteiger partial charge in [0.1, 0.15) is 5.52 Å². The number of oxazole rings is 1. The predicted molar refractivity (Wildman–Crippen MR) is 79.4 cm³/mol. The van der Waals surface area contributed by atoms with Crippen molar-refractivity contribution in [3.05, 3.63) is 53.1 Å². The summed E-state index contributed by atoms with van der Waals surface area (Å²) in [5.41, 5.74) is 9.14. The number of benzene rings is 2. The molecular formula is C14H11ClN2OS. The number of hydrogen-bond donors (Lipinski definition) is 1. The van der Waals surface area contributed by atoms with Gasteiger partial charge in [0.05, 0.1) is 10.7 Å². The molecule has 3 aromatic rings. The van der Waals surface area contributed by atoms with Crippen LogP contribution < -0.4 is 5.73 Å². The monoisotopic (exact) mass is 290 g/mol. The first kappa shape index (κ1) is 12.4. The van der Waals surface area contributed by atoms with Gasteiger partial charge in [0.2, 0.25) is 0 Å². The lowest BCUT2D eigenvalue weighted by atomic mass is 10.2. The first-order valence-electron chi connectivity index (χ1n) is 5.74. The Morgan fingerprint density at radius 2 is 2.05 bits per heavy atom. The van der Waals surface area contributed by atoms with Gasteiger partial charge in [0.15, 0.2) is 5.58 Å². The van der Waals surface area contributed by atoms with E-state index < -0.39 is 0 Å². The second-order valence-corrected chi connectivity index (χ2v) is 5.43. The standard InChI is InChI=1S/C14H11ClN2OS/c15-10-6-5-9(7-11(10)16)8-19-14-17-12-3-1-2-4-13(12)18-14/h1-7H,8,16H2. The molecule has 2 aromatic carbocycles. The molecule has 0 fully saturated rings. The number of thioether (sulfide) groups is 1. The van der Waals surface area contributed by atoms with Crippen molar-refractivity contribution in [2.24, 2.45) is 0 Å². The van der Waals surface area contributed by atoms with E-state index in [9.17, 15) is 0 Å². The maximum Gasteiger partial charge on any atom is 0.257 e. The highest BCUT2D eigenvalue weighted by molar-refractivity contribution is 7.98. The molecule has 19 heavy (non-hydrogen) atoms. The smallest absolute Gasteiger partial charge is 0.257 e. The van der Waals surface area contributed by atoms with E-state index >= 15 is 0 Å². The van der Waals surface area contributed by atoms with Crippen LogP contribution in [0.2, 0.25) is 5.02 Å². The van der Waals surface area contributed by atoms with E-state index in [4.69, 9.17) is 21.8 Å². The van der Waals surface area contributed by atoms with E-state index in [1.54, 1.807) is 6.07 Å². The number of nitrogen functional groups attached to an aromatic ring is 1. The number of nitrogens with zero attached hydrogens (tertiary/aromatic N) is 1. The lowest BCUT2D eigenvalue weighted by molar-refractivity contribution is 0.489. The van der Waals surface area contributed by atoms with Crippen molar-refractivity contribution in [2.75, 3.05) is 5.73 Å². The molecule has 0 saturated carbocycles. The molecule has 0 aliphatic carbocycles. The summed E-state index contributed by atoms with van der Waals surface area (Å²) in [5, 5.41) is 1.24. The number of rotatable bonds is 3. The Morgan fingerprint density at radius 1 is 1.21 bits per heavy atom. The van der Waals surface area contributed by atoms with Crippen molar-refractivity contribution in [1.82, 2.24) is 4.98 Å². The minimum Gasteiger partial charge on any atom is -0.431 e. The first-order chi connectivity index (χ1) is 9.22. The van der Waals surface area contributed by atoms with Gasteiger partial charge in [-0.15, -0.1) is 0 Å². The van der Waals surface area contributed by atoms with Gasteiger partial charge in [-0.1, -0.05) is 41.6 Å². The van der Waals surface area contributed by atoms with E-state index in [1.165, 1.54) is 11.8 Å². The lowest BCUT2D eigenvalue weighted by Gasteiger charge is -2.02. The zero-order valence-electron chi connectivity index (χ0n) is 9.97. The normalized spacial score (nSPS) is 11.0. The van der Waals surface area contributed by atoms with Crippen LogP contribution in [0.4, 0.5) is 5.69 Å². The van der Waals surface area contributed by atoms with Crippen molar-refractivity contribution in [1.29, 1.82) is 0 Å². The Bertz CT molecular complexity index is 693. The third kappa shape index (κ3) is 2.69. The Kier molecular flexibility index (Phi) is 3.36. The van der Waals surface area contributed by atoms with Gasteiger partial charge < -0.3 is 10.2 Å². The van der Waals surface area contributed by atoms with Crippen LogP contribution in [0.15, 0.2) is 52.1 Å². The molecule has 0 aliphatic rings. The van der Waals surface area contributed by atoms with Crippen molar-refractivity contribution in [3.63, 3.8) is 0 Å². The molecule has 1 heterocycles. The summed E-state index contributed by atoms with van der Waals surface area (Å²) in [5.74, 6) is 0.744. The Balaban J connectivity index is 1.76. The van der Waals surface area contributed by atoms with Crippen LogP contribution in [0.1, 0.15) is 5.56 Å². The van der Waals surface area contributed by atoms with E-state index in [0.29, 0.717) is 15.9 Å². The molecule has 0 amide bonds. The van der Waals surface area contributed by atoms with E-state index in [2.05, 4.69) is 4.98 Å². The second kappa shape index (κ2) is 5.15. The van der Waals surface area contributed by atoms with E-state index in [1.807, 2.05) is 36.4 Å². The van der Waals surface area contributed by atoms with Crippen molar-refractivity contribution >= 4 is 40.1 Å². The number of hydrogen-bond acceptors (Lipinski definition) is 4. The zero-order chi connectivity index (χ0) is 13.2. The number of anilines is 1. The van der Waals surface area contributed by atoms with Crippen molar-refractivity contribution in [3.8, 4) is 0 Å². The minimum atomic E-state index is 0.579. The molecule has 0 radical (unpaired) electrons. The number of aromatic nitrogens is 1. The van der Waals surface area contributed by atoms with Gasteiger partial charge in [-0.05, 0) is 29.8 Å². The number of para-hydroxylation sites is 2. The summed E-state index contributed by atoms with van der Waals surface area (Å²) in [6.07, 6.45) is 0.